The molecule has 1 aliphatic heterocycles. The van der Waals surface area contributed by atoms with Gasteiger partial charge in [0.2, 0.25) is 0 Å². The molecule has 0 bridgehead atoms. The number of amides is 3. The van der Waals surface area contributed by atoms with E-state index in [1.54, 1.807) is 6.07 Å². The van der Waals surface area contributed by atoms with Crippen molar-refractivity contribution < 1.29 is 9.59 Å². The van der Waals surface area contributed by atoms with E-state index in [2.05, 4.69) is 15.5 Å². The highest BCUT2D eigenvalue weighted by molar-refractivity contribution is 6.06. The number of benzene rings is 2. The van der Waals surface area contributed by atoms with Crippen molar-refractivity contribution in [2.24, 2.45) is 5.73 Å². The van der Waals surface area contributed by atoms with E-state index in [0.29, 0.717) is 24.5 Å². The van der Waals surface area contributed by atoms with Crippen LogP contribution in [-0.2, 0) is 13.1 Å². The lowest BCUT2D eigenvalue weighted by molar-refractivity contribution is 0.102. The van der Waals surface area contributed by atoms with Crippen molar-refractivity contribution in [1.82, 2.24) is 15.1 Å². The lowest BCUT2D eigenvalue weighted by Crippen LogP contribution is -2.31. The Balaban J connectivity index is 1.58. The molecule has 24 heavy (non-hydrogen) atoms. The Labute approximate surface area is 137 Å². The lowest BCUT2D eigenvalue weighted by atomic mass is 10.1. The van der Waals surface area contributed by atoms with Crippen LogP contribution in [0.15, 0.2) is 42.5 Å². The van der Waals surface area contributed by atoms with Crippen LogP contribution in [0, 0.1) is 0 Å². The van der Waals surface area contributed by atoms with E-state index >= 15 is 0 Å². The van der Waals surface area contributed by atoms with Crippen molar-refractivity contribution in [2.75, 3.05) is 5.32 Å². The maximum absolute atomic E-state index is 12.5. The van der Waals surface area contributed by atoms with E-state index in [0.717, 1.165) is 22.0 Å². The average Bonchev–Trinajstić information content (AvgIpc) is 3.16. The Kier molecular flexibility index (Phi) is 3.19. The SMILES string of the molecule is NC(=O)N1Cc2n[nH]c(NC(=O)c3ccc4ccccc4c3)c2C1. The topological polar surface area (TPSA) is 104 Å². The maximum atomic E-state index is 12.5. The highest BCUT2D eigenvalue weighted by Gasteiger charge is 2.27. The normalized spacial score (nSPS) is 13.1. The number of rotatable bonds is 2. The zero-order valence-electron chi connectivity index (χ0n) is 12.7. The number of fused-ring (bicyclic) bond motifs is 2. The van der Waals surface area contributed by atoms with Crippen LogP contribution in [0.25, 0.3) is 10.8 Å². The number of urea groups is 1. The van der Waals surface area contributed by atoms with Crippen LogP contribution in [0.3, 0.4) is 0 Å². The van der Waals surface area contributed by atoms with Crippen molar-refractivity contribution in [1.29, 1.82) is 0 Å². The van der Waals surface area contributed by atoms with E-state index in [9.17, 15) is 9.59 Å². The highest BCUT2D eigenvalue weighted by Crippen LogP contribution is 2.27. The van der Waals surface area contributed by atoms with Crippen molar-refractivity contribution in [3.63, 3.8) is 0 Å². The molecule has 2 heterocycles. The molecule has 0 radical (unpaired) electrons. The summed E-state index contributed by atoms with van der Waals surface area (Å²) in [5.74, 6) is 0.275. The maximum Gasteiger partial charge on any atom is 0.315 e. The minimum absolute atomic E-state index is 0.232. The molecule has 0 fully saturated rings. The van der Waals surface area contributed by atoms with E-state index in [1.165, 1.54) is 4.90 Å². The number of anilines is 1. The van der Waals surface area contributed by atoms with Gasteiger partial charge < -0.3 is 16.0 Å². The number of carbonyl (C=O) groups excluding carboxylic acids is 2. The van der Waals surface area contributed by atoms with Crippen LogP contribution < -0.4 is 11.1 Å². The molecule has 1 aliphatic rings. The first kappa shape index (κ1) is 14.3. The molecule has 4 N–H and O–H groups in total. The van der Waals surface area contributed by atoms with Gasteiger partial charge in [-0.25, -0.2) is 4.79 Å². The smallest absolute Gasteiger partial charge is 0.315 e. The van der Waals surface area contributed by atoms with E-state index in [1.807, 2.05) is 36.4 Å². The predicted molar refractivity (Wildman–Crippen MR) is 89.3 cm³/mol. The zero-order chi connectivity index (χ0) is 16.7. The van der Waals surface area contributed by atoms with Crippen LogP contribution in [0.4, 0.5) is 10.6 Å². The summed E-state index contributed by atoms with van der Waals surface area (Å²) in [4.78, 5) is 25.2. The number of primary amides is 1. The molecule has 3 amide bonds. The van der Waals surface area contributed by atoms with Crippen molar-refractivity contribution >= 4 is 28.5 Å². The van der Waals surface area contributed by atoms with E-state index in [4.69, 9.17) is 5.73 Å². The van der Waals surface area contributed by atoms with E-state index < -0.39 is 6.03 Å². The third kappa shape index (κ3) is 2.36. The van der Waals surface area contributed by atoms with Crippen LogP contribution in [0.5, 0.6) is 0 Å². The molecule has 0 saturated carbocycles. The van der Waals surface area contributed by atoms with Crippen LogP contribution >= 0.6 is 0 Å². The fraction of sp³-hybridized carbons (Fsp3) is 0.118. The summed E-state index contributed by atoms with van der Waals surface area (Å²) in [6.07, 6.45) is 0. The van der Waals surface area contributed by atoms with Gasteiger partial charge in [0.25, 0.3) is 5.91 Å². The largest absolute Gasteiger partial charge is 0.351 e. The summed E-state index contributed by atoms with van der Waals surface area (Å²) in [6.45, 7) is 0.696. The average molecular weight is 321 g/mol. The first-order chi connectivity index (χ1) is 11.6. The number of nitrogens with two attached hydrogens (primary N) is 1. The molecule has 0 spiro atoms. The monoisotopic (exact) mass is 321 g/mol. The molecule has 4 rings (SSSR count). The Hall–Kier alpha value is -3.35. The van der Waals surface area contributed by atoms with Crippen LogP contribution in [0.2, 0.25) is 0 Å². The summed E-state index contributed by atoms with van der Waals surface area (Å²) < 4.78 is 0. The first-order valence-corrected chi connectivity index (χ1v) is 7.52. The minimum Gasteiger partial charge on any atom is -0.351 e. The summed E-state index contributed by atoms with van der Waals surface area (Å²) in [6, 6.07) is 12.9. The van der Waals surface area contributed by atoms with Gasteiger partial charge in [0, 0.05) is 11.1 Å². The number of hydrogen-bond donors (Lipinski definition) is 3. The molecule has 0 atom stereocenters. The summed E-state index contributed by atoms with van der Waals surface area (Å²) in [5, 5.41) is 11.9. The van der Waals surface area contributed by atoms with Crippen molar-refractivity contribution in [3.8, 4) is 0 Å². The fourth-order valence-electron chi connectivity index (χ4n) is 2.91. The van der Waals surface area contributed by atoms with Gasteiger partial charge >= 0.3 is 6.03 Å². The molecule has 7 nitrogen and oxygen atoms in total. The van der Waals surface area contributed by atoms with Crippen molar-refractivity contribution in [3.05, 3.63) is 59.3 Å². The van der Waals surface area contributed by atoms with Gasteiger partial charge in [-0.15, -0.1) is 0 Å². The Morgan fingerprint density at radius 1 is 1.12 bits per heavy atom. The van der Waals surface area contributed by atoms with E-state index in [-0.39, 0.29) is 5.91 Å². The predicted octanol–water partition coefficient (Wildman–Crippen LogP) is 2.21. The standard InChI is InChI=1S/C17H15N5O2/c18-17(24)22-8-13-14(9-22)20-21-15(13)19-16(23)12-6-5-10-3-1-2-4-11(10)7-12/h1-7H,8-9H2,(H2,18,24)(H2,19,20,21,23). The van der Waals surface area contributed by atoms with Crippen LogP contribution in [-0.4, -0.2) is 27.0 Å². The molecule has 0 aliphatic carbocycles. The summed E-state index contributed by atoms with van der Waals surface area (Å²) >= 11 is 0. The number of aromatic amines is 1. The molecular formula is C17H15N5O2. The molecule has 120 valence electrons. The van der Waals surface area contributed by atoms with Gasteiger partial charge in [-0.2, -0.15) is 5.10 Å². The molecule has 0 saturated heterocycles. The van der Waals surface area contributed by atoms with Crippen molar-refractivity contribution in [2.45, 2.75) is 13.1 Å². The summed E-state index contributed by atoms with van der Waals surface area (Å²) in [5.41, 5.74) is 7.37. The second-order valence-electron chi connectivity index (χ2n) is 5.73. The Bertz CT molecular complexity index is 963. The van der Waals surface area contributed by atoms with Gasteiger partial charge in [-0.05, 0) is 22.9 Å². The number of carbonyl (C=O) groups is 2. The number of nitrogens with one attached hydrogen (secondary N) is 2. The van der Waals surface area contributed by atoms with Crippen LogP contribution in [0.1, 0.15) is 21.6 Å². The number of nitrogens with zero attached hydrogens (tertiary/aromatic N) is 2. The number of H-pyrrole nitrogens is 1. The fourth-order valence-corrected chi connectivity index (χ4v) is 2.91. The molecule has 1 aromatic heterocycles. The molecular weight excluding hydrogens is 306 g/mol. The second-order valence-corrected chi connectivity index (χ2v) is 5.73. The highest BCUT2D eigenvalue weighted by atomic mass is 16.2. The van der Waals surface area contributed by atoms with Gasteiger partial charge in [0.1, 0.15) is 5.82 Å². The first-order valence-electron chi connectivity index (χ1n) is 7.52. The number of aromatic nitrogens is 2. The zero-order valence-corrected chi connectivity index (χ0v) is 12.7. The molecule has 3 aromatic rings. The number of hydrogen-bond acceptors (Lipinski definition) is 3. The van der Waals surface area contributed by atoms with Gasteiger partial charge in [-0.1, -0.05) is 30.3 Å². The third-order valence-corrected chi connectivity index (χ3v) is 4.20. The lowest BCUT2D eigenvalue weighted by Gasteiger charge is -2.12. The molecule has 7 heteroatoms. The second kappa shape index (κ2) is 5.38. The Morgan fingerprint density at radius 2 is 1.92 bits per heavy atom. The summed E-state index contributed by atoms with van der Waals surface area (Å²) in [7, 11) is 0. The Morgan fingerprint density at radius 3 is 2.71 bits per heavy atom. The van der Waals surface area contributed by atoms with Gasteiger partial charge in [-0.3, -0.25) is 9.89 Å². The third-order valence-electron chi connectivity index (χ3n) is 4.20. The van der Waals surface area contributed by atoms with Gasteiger partial charge in [0.05, 0.1) is 18.8 Å². The quantitative estimate of drug-likeness (QED) is 0.674. The molecule has 0 unspecified atom stereocenters. The van der Waals surface area contributed by atoms with Gasteiger partial charge in [0.15, 0.2) is 0 Å². The minimum atomic E-state index is -0.500. The molecule has 2 aromatic carbocycles.